The summed E-state index contributed by atoms with van der Waals surface area (Å²) in [4.78, 5) is 0. The van der Waals surface area contributed by atoms with Crippen molar-refractivity contribution in [3.8, 4) is 5.75 Å². The van der Waals surface area contributed by atoms with Crippen molar-refractivity contribution in [2.24, 2.45) is 5.10 Å². The van der Waals surface area contributed by atoms with Gasteiger partial charge in [0.1, 0.15) is 5.75 Å². The summed E-state index contributed by atoms with van der Waals surface area (Å²) in [6.07, 6.45) is 1.71. The smallest absolute Gasteiger partial charge is 0.215 e. The van der Waals surface area contributed by atoms with Gasteiger partial charge in [0.15, 0.2) is 0 Å². The Morgan fingerprint density at radius 2 is 1.38 bits per heavy atom. The van der Waals surface area contributed by atoms with E-state index in [1.165, 1.54) is 4.68 Å². The molecule has 130 valence electrons. The lowest BCUT2D eigenvalue weighted by Crippen LogP contribution is -2.17. The van der Waals surface area contributed by atoms with E-state index in [1.807, 2.05) is 12.1 Å². The van der Waals surface area contributed by atoms with Gasteiger partial charge in [-0.05, 0) is 53.0 Å². The van der Waals surface area contributed by atoms with E-state index in [0.29, 0.717) is 15.3 Å². The summed E-state index contributed by atoms with van der Waals surface area (Å²) in [5.41, 5.74) is 2.29. The van der Waals surface area contributed by atoms with Gasteiger partial charge in [-0.2, -0.15) is 9.78 Å². The molecule has 0 unspecified atom stereocenters. The summed E-state index contributed by atoms with van der Waals surface area (Å²) in [6.45, 7) is 12.5. The molecule has 0 radical (unpaired) electrons. The van der Waals surface area contributed by atoms with Gasteiger partial charge in [-0.15, -0.1) is 0 Å². The number of phenolic OH excluding ortho intramolecular Hbond substituents is 1. The van der Waals surface area contributed by atoms with Crippen molar-refractivity contribution in [3.05, 3.63) is 38.4 Å². The second-order valence-electron chi connectivity index (χ2n) is 7.88. The number of rotatable bonds is 2. The average Bonchev–Trinajstić information content (AvgIpc) is 2.74. The molecule has 1 heterocycles. The Morgan fingerprint density at radius 3 is 1.75 bits per heavy atom. The van der Waals surface area contributed by atoms with Crippen molar-refractivity contribution < 1.29 is 5.11 Å². The van der Waals surface area contributed by atoms with Crippen LogP contribution in [0, 0.1) is 9.54 Å². The maximum absolute atomic E-state index is 10.7. The van der Waals surface area contributed by atoms with Gasteiger partial charge >= 0.3 is 0 Å². The summed E-state index contributed by atoms with van der Waals surface area (Å²) in [6, 6.07) is 3.91. The standard InChI is InChI=1S/C17H24N4OS2/c1-16(2,3)11-7-10(8-12(13(11)22)17(4,5)6)9-18-21-14(23)19-20-15(21)24/h7-9,22H,1-6H3,(H,19,23)(H,20,24)/b18-9+. The van der Waals surface area contributed by atoms with Crippen molar-refractivity contribution in [2.45, 2.75) is 52.4 Å². The van der Waals surface area contributed by atoms with Gasteiger partial charge in [0, 0.05) is 11.1 Å². The molecule has 0 aliphatic carbocycles. The molecule has 0 saturated heterocycles. The molecule has 5 nitrogen and oxygen atoms in total. The maximum Gasteiger partial charge on any atom is 0.215 e. The van der Waals surface area contributed by atoms with Gasteiger partial charge in [-0.1, -0.05) is 41.5 Å². The number of aromatic nitrogens is 3. The Morgan fingerprint density at radius 1 is 0.958 bits per heavy atom. The predicted octanol–water partition coefficient (Wildman–Crippen LogP) is 4.79. The largest absolute Gasteiger partial charge is 0.507 e. The Labute approximate surface area is 152 Å². The van der Waals surface area contributed by atoms with Gasteiger partial charge in [-0.3, -0.25) is 10.2 Å². The zero-order valence-corrected chi connectivity index (χ0v) is 16.5. The first kappa shape index (κ1) is 18.6. The minimum atomic E-state index is -0.185. The number of hydrogen-bond acceptors (Lipinski definition) is 4. The number of aromatic hydroxyl groups is 1. The first-order valence-corrected chi connectivity index (χ1v) is 8.55. The van der Waals surface area contributed by atoms with Crippen molar-refractivity contribution in [2.75, 3.05) is 0 Å². The number of aromatic amines is 2. The molecule has 0 saturated carbocycles. The van der Waals surface area contributed by atoms with Crippen LogP contribution < -0.4 is 0 Å². The highest BCUT2D eigenvalue weighted by Gasteiger charge is 2.26. The number of benzene rings is 1. The average molecular weight is 365 g/mol. The highest BCUT2D eigenvalue weighted by Crippen LogP contribution is 2.39. The lowest BCUT2D eigenvalue weighted by molar-refractivity contribution is 0.423. The van der Waals surface area contributed by atoms with Crippen LogP contribution in [-0.2, 0) is 10.8 Å². The molecular formula is C17H24N4OS2. The van der Waals surface area contributed by atoms with Crippen LogP contribution >= 0.6 is 24.4 Å². The molecule has 0 fully saturated rings. The van der Waals surface area contributed by atoms with E-state index in [9.17, 15) is 5.11 Å². The lowest BCUT2D eigenvalue weighted by Gasteiger charge is -2.27. The van der Waals surface area contributed by atoms with E-state index in [2.05, 4.69) is 56.8 Å². The number of nitrogens with one attached hydrogen (secondary N) is 2. The molecule has 2 aromatic rings. The molecule has 7 heteroatoms. The molecular weight excluding hydrogens is 340 g/mol. The molecule has 2 rings (SSSR count). The van der Waals surface area contributed by atoms with Crippen LogP contribution in [0.2, 0.25) is 0 Å². The molecule has 0 atom stereocenters. The minimum absolute atomic E-state index is 0.185. The van der Waals surface area contributed by atoms with E-state index < -0.39 is 0 Å². The van der Waals surface area contributed by atoms with Crippen molar-refractivity contribution >= 4 is 30.7 Å². The fourth-order valence-corrected chi connectivity index (χ4v) is 2.85. The monoisotopic (exact) mass is 364 g/mol. The normalized spacial score (nSPS) is 12.9. The zero-order valence-electron chi connectivity index (χ0n) is 14.9. The highest BCUT2D eigenvalue weighted by atomic mass is 32.1. The fraction of sp³-hybridized carbons (Fsp3) is 0.471. The number of nitrogens with zero attached hydrogens (tertiary/aromatic N) is 2. The summed E-state index contributed by atoms with van der Waals surface area (Å²) in [5, 5.41) is 20.6. The van der Waals surface area contributed by atoms with Crippen LogP contribution in [0.15, 0.2) is 17.2 Å². The quantitative estimate of drug-likeness (QED) is 0.530. The Balaban J connectivity index is 2.63. The van der Waals surface area contributed by atoms with Crippen LogP contribution in [-0.4, -0.2) is 26.2 Å². The Bertz CT molecular complexity index is 826. The topological polar surface area (TPSA) is 69.1 Å². The first-order chi connectivity index (χ1) is 10.9. The van der Waals surface area contributed by atoms with Crippen molar-refractivity contribution in [3.63, 3.8) is 0 Å². The molecule has 3 N–H and O–H groups in total. The Hall–Kier alpha value is -1.73. The van der Waals surface area contributed by atoms with Gasteiger partial charge in [-0.25, -0.2) is 0 Å². The van der Waals surface area contributed by atoms with E-state index in [4.69, 9.17) is 24.4 Å². The predicted molar refractivity (Wildman–Crippen MR) is 103 cm³/mol. The van der Waals surface area contributed by atoms with Gasteiger partial charge in [0.25, 0.3) is 0 Å². The van der Waals surface area contributed by atoms with Gasteiger partial charge in [0.05, 0.1) is 6.21 Å². The third-order valence-electron chi connectivity index (χ3n) is 3.73. The van der Waals surface area contributed by atoms with E-state index in [-0.39, 0.29) is 10.8 Å². The highest BCUT2D eigenvalue weighted by molar-refractivity contribution is 7.72. The molecule has 24 heavy (non-hydrogen) atoms. The third kappa shape index (κ3) is 3.84. The second kappa shape index (κ2) is 6.29. The van der Waals surface area contributed by atoms with Crippen molar-refractivity contribution in [1.29, 1.82) is 0 Å². The molecule has 0 aliphatic rings. The molecule has 1 aromatic carbocycles. The van der Waals surface area contributed by atoms with Crippen LogP contribution in [0.1, 0.15) is 58.2 Å². The molecule has 0 amide bonds. The number of H-pyrrole nitrogens is 2. The van der Waals surface area contributed by atoms with Crippen LogP contribution in [0.5, 0.6) is 5.75 Å². The second-order valence-corrected chi connectivity index (χ2v) is 8.65. The van der Waals surface area contributed by atoms with E-state index >= 15 is 0 Å². The van der Waals surface area contributed by atoms with Gasteiger partial charge in [0.2, 0.25) is 9.54 Å². The minimum Gasteiger partial charge on any atom is -0.507 e. The summed E-state index contributed by atoms with van der Waals surface area (Å²) in [7, 11) is 0. The Kier molecular flexibility index (Phi) is 4.88. The zero-order chi connectivity index (χ0) is 18.3. The van der Waals surface area contributed by atoms with Crippen LogP contribution in [0.4, 0.5) is 0 Å². The van der Waals surface area contributed by atoms with Crippen LogP contribution in [0.25, 0.3) is 0 Å². The van der Waals surface area contributed by atoms with E-state index in [1.54, 1.807) is 6.21 Å². The SMILES string of the molecule is CC(C)(C)c1cc(/C=N/n2c(=S)[nH][nH]c2=S)cc(C(C)(C)C)c1O. The van der Waals surface area contributed by atoms with Crippen LogP contribution in [0.3, 0.4) is 0 Å². The molecule has 0 aliphatic heterocycles. The molecule has 0 spiro atoms. The summed E-state index contributed by atoms with van der Waals surface area (Å²) in [5.74, 6) is 0.350. The number of phenols is 1. The summed E-state index contributed by atoms with van der Waals surface area (Å²) < 4.78 is 2.26. The van der Waals surface area contributed by atoms with Gasteiger partial charge < -0.3 is 5.11 Å². The lowest BCUT2D eigenvalue weighted by atomic mass is 9.78. The summed E-state index contributed by atoms with van der Waals surface area (Å²) >= 11 is 10.3. The maximum atomic E-state index is 10.7. The first-order valence-electron chi connectivity index (χ1n) is 7.73. The fourth-order valence-electron chi connectivity index (χ4n) is 2.41. The third-order valence-corrected chi connectivity index (χ3v) is 4.28. The number of hydrogen-bond donors (Lipinski definition) is 3. The molecule has 0 bridgehead atoms. The van der Waals surface area contributed by atoms with E-state index in [0.717, 1.165) is 16.7 Å². The molecule has 1 aromatic heterocycles. The van der Waals surface area contributed by atoms with Crippen molar-refractivity contribution in [1.82, 2.24) is 14.9 Å².